The SMILES string of the molecule is Cc1cccc2c1C(=O)C(CC(=O)O)C2. The number of hydrogen-bond acceptors (Lipinski definition) is 2. The number of aryl methyl sites for hydroxylation is 1. The van der Waals surface area contributed by atoms with E-state index in [0.717, 1.165) is 16.7 Å². The summed E-state index contributed by atoms with van der Waals surface area (Å²) in [7, 11) is 0. The minimum absolute atomic E-state index is 0.00880. The van der Waals surface area contributed by atoms with Gasteiger partial charge in [-0.05, 0) is 24.5 Å². The van der Waals surface area contributed by atoms with E-state index in [0.29, 0.717) is 6.42 Å². The van der Waals surface area contributed by atoms with Crippen molar-refractivity contribution in [2.75, 3.05) is 0 Å². The molecule has 0 saturated heterocycles. The van der Waals surface area contributed by atoms with Crippen LogP contribution in [-0.4, -0.2) is 16.9 Å². The molecular formula is C12H12O3. The third kappa shape index (κ3) is 1.65. The Labute approximate surface area is 87.7 Å². The van der Waals surface area contributed by atoms with Crippen molar-refractivity contribution in [3.05, 3.63) is 34.9 Å². The number of Topliss-reactive ketones (excluding diaryl/α,β-unsaturated/α-hetero) is 1. The number of carbonyl (C=O) groups excluding carboxylic acids is 1. The second kappa shape index (κ2) is 3.50. The number of benzene rings is 1. The van der Waals surface area contributed by atoms with Gasteiger partial charge in [0.2, 0.25) is 0 Å². The van der Waals surface area contributed by atoms with Gasteiger partial charge in [0.1, 0.15) is 0 Å². The molecule has 0 aliphatic heterocycles. The Morgan fingerprint density at radius 1 is 1.53 bits per heavy atom. The molecule has 2 rings (SSSR count). The lowest BCUT2D eigenvalue weighted by Gasteiger charge is -2.03. The van der Waals surface area contributed by atoms with E-state index in [1.165, 1.54) is 0 Å². The first-order valence-corrected chi connectivity index (χ1v) is 4.94. The second-order valence-corrected chi connectivity index (χ2v) is 3.97. The number of carboxylic acid groups (broad SMARTS) is 1. The van der Waals surface area contributed by atoms with E-state index in [4.69, 9.17) is 5.11 Å². The van der Waals surface area contributed by atoms with Gasteiger partial charge in [-0.1, -0.05) is 18.2 Å². The van der Waals surface area contributed by atoms with E-state index in [-0.39, 0.29) is 18.1 Å². The summed E-state index contributed by atoms with van der Waals surface area (Å²) >= 11 is 0. The standard InChI is InChI=1S/C12H12O3/c1-7-3-2-4-8-5-9(6-10(13)14)12(15)11(7)8/h2-4,9H,5-6H2,1H3,(H,13,14). The van der Waals surface area contributed by atoms with Gasteiger partial charge in [0, 0.05) is 11.5 Å². The van der Waals surface area contributed by atoms with Crippen molar-refractivity contribution in [1.29, 1.82) is 0 Å². The van der Waals surface area contributed by atoms with Crippen LogP contribution < -0.4 is 0 Å². The number of carbonyl (C=O) groups is 2. The van der Waals surface area contributed by atoms with Gasteiger partial charge >= 0.3 is 5.97 Å². The number of aliphatic carboxylic acids is 1. The maximum absolute atomic E-state index is 11.9. The largest absolute Gasteiger partial charge is 0.481 e. The van der Waals surface area contributed by atoms with Crippen LogP contribution in [0.3, 0.4) is 0 Å². The summed E-state index contributed by atoms with van der Waals surface area (Å²) in [5, 5.41) is 8.69. The minimum Gasteiger partial charge on any atom is -0.481 e. The van der Waals surface area contributed by atoms with Gasteiger partial charge in [-0.25, -0.2) is 0 Å². The lowest BCUT2D eigenvalue weighted by molar-refractivity contribution is -0.137. The third-order valence-corrected chi connectivity index (χ3v) is 2.86. The molecule has 0 radical (unpaired) electrons. The zero-order valence-electron chi connectivity index (χ0n) is 8.49. The number of fused-ring (bicyclic) bond motifs is 1. The molecule has 1 atom stereocenters. The molecule has 0 fully saturated rings. The molecule has 0 aromatic heterocycles. The molecule has 15 heavy (non-hydrogen) atoms. The first-order valence-electron chi connectivity index (χ1n) is 4.94. The van der Waals surface area contributed by atoms with Crippen LogP contribution in [0, 0.1) is 12.8 Å². The van der Waals surface area contributed by atoms with E-state index in [9.17, 15) is 9.59 Å². The fraction of sp³-hybridized carbons (Fsp3) is 0.333. The lowest BCUT2D eigenvalue weighted by Crippen LogP contribution is -2.14. The lowest BCUT2D eigenvalue weighted by atomic mass is 10.0. The zero-order chi connectivity index (χ0) is 11.0. The molecule has 3 heteroatoms. The van der Waals surface area contributed by atoms with Gasteiger partial charge in [0.15, 0.2) is 5.78 Å². The normalized spacial score (nSPS) is 19.0. The van der Waals surface area contributed by atoms with Crippen LogP contribution in [0.25, 0.3) is 0 Å². The van der Waals surface area contributed by atoms with Gasteiger partial charge < -0.3 is 5.11 Å². The van der Waals surface area contributed by atoms with Crippen molar-refractivity contribution >= 4 is 11.8 Å². The van der Waals surface area contributed by atoms with Crippen LogP contribution >= 0.6 is 0 Å². The van der Waals surface area contributed by atoms with Crippen molar-refractivity contribution < 1.29 is 14.7 Å². The van der Waals surface area contributed by atoms with E-state index in [1.807, 2.05) is 25.1 Å². The summed E-state index contributed by atoms with van der Waals surface area (Å²) in [6, 6.07) is 5.70. The highest BCUT2D eigenvalue weighted by Gasteiger charge is 2.32. The fourth-order valence-electron chi connectivity index (χ4n) is 2.19. The number of rotatable bonds is 2. The molecule has 1 aliphatic carbocycles. The predicted molar refractivity (Wildman–Crippen MR) is 55.0 cm³/mol. The molecule has 1 aliphatic rings. The van der Waals surface area contributed by atoms with Crippen molar-refractivity contribution in [3.63, 3.8) is 0 Å². The average Bonchev–Trinajstić information content (AvgIpc) is 2.44. The fourth-order valence-corrected chi connectivity index (χ4v) is 2.19. The zero-order valence-corrected chi connectivity index (χ0v) is 8.49. The molecule has 0 saturated carbocycles. The number of ketones is 1. The van der Waals surface area contributed by atoms with E-state index in [1.54, 1.807) is 0 Å². The van der Waals surface area contributed by atoms with Crippen molar-refractivity contribution in [2.45, 2.75) is 19.8 Å². The highest BCUT2D eigenvalue weighted by molar-refractivity contribution is 6.04. The predicted octanol–water partition coefficient (Wildman–Crippen LogP) is 1.82. The smallest absolute Gasteiger partial charge is 0.304 e. The Balaban J connectivity index is 2.34. The minimum atomic E-state index is -0.904. The molecule has 1 aromatic rings. The first kappa shape index (κ1) is 9.90. The molecule has 0 spiro atoms. The van der Waals surface area contributed by atoms with Gasteiger partial charge in [-0.3, -0.25) is 9.59 Å². The molecule has 0 amide bonds. The summed E-state index contributed by atoms with van der Waals surface area (Å²) in [6.07, 6.45) is 0.509. The van der Waals surface area contributed by atoms with E-state index < -0.39 is 5.97 Å². The van der Waals surface area contributed by atoms with Crippen molar-refractivity contribution in [2.24, 2.45) is 5.92 Å². The van der Waals surface area contributed by atoms with Gasteiger partial charge in [0.25, 0.3) is 0 Å². The Morgan fingerprint density at radius 3 is 2.87 bits per heavy atom. The molecule has 1 aromatic carbocycles. The molecule has 1 N–H and O–H groups in total. The molecule has 0 heterocycles. The van der Waals surface area contributed by atoms with E-state index in [2.05, 4.69) is 0 Å². The molecule has 3 nitrogen and oxygen atoms in total. The summed E-state index contributed by atoms with van der Waals surface area (Å²) in [6.45, 7) is 1.89. The highest BCUT2D eigenvalue weighted by Crippen LogP contribution is 2.30. The molecule has 0 bridgehead atoms. The third-order valence-electron chi connectivity index (χ3n) is 2.86. The topological polar surface area (TPSA) is 54.4 Å². The van der Waals surface area contributed by atoms with Crippen molar-refractivity contribution in [1.82, 2.24) is 0 Å². The maximum Gasteiger partial charge on any atom is 0.304 e. The van der Waals surface area contributed by atoms with Crippen LogP contribution in [0.15, 0.2) is 18.2 Å². The average molecular weight is 204 g/mol. The molecular weight excluding hydrogens is 192 g/mol. The summed E-state index contributed by atoms with van der Waals surface area (Å²) in [5.74, 6) is -1.28. The summed E-state index contributed by atoms with van der Waals surface area (Å²) < 4.78 is 0. The summed E-state index contributed by atoms with van der Waals surface area (Å²) in [4.78, 5) is 22.5. The maximum atomic E-state index is 11.9. The first-order chi connectivity index (χ1) is 7.09. The number of hydrogen-bond donors (Lipinski definition) is 1. The van der Waals surface area contributed by atoms with Crippen LogP contribution in [0.4, 0.5) is 0 Å². The number of carboxylic acids is 1. The van der Waals surface area contributed by atoms with Crippen LogP contribution in [-0.2, 0) is 11.2 Å². The Bertz CT molecular complexity index is 434. The summed E-state index contributed by atoms with van der Waals surface area (Å²) in [5.41, 5.74) is 2.68. The highest BCUT2D eigenvalue weighted by atomic mass is 16.4. The Morgan fingerprint density at radius 2 is 2.27 bits per heavy atom. The van der Waals surface area contributed by atoms with Gasteiger partial charge in [0.05, 0.1) is 6.42 Å². The van der Waals surface area contributed by atoms with Crippen LogP contribution in [0.1, 0.15) is 27.9 Å². The van der Waals surface area contributed by atoms with Gasteiger partial charge in [-0.2, -0.15) is 0 Å². The monoisotopic (exact) mass is 204 g/mol. The quantitative estimate of drug-likeness (QED) is 0.799. The second-order valence-electron chi connectivity index (χ2n) is 3.97. The van der Waals surface area contributed by atoms with Crippen molar-refractivity contribution in [3.8, 4) is 0 Å². The molecule has 78 valence electrons. The van der Waals surface area contributed by atoms with E-state index >= 15 is 0 Å². The van der Waals surface area contributed by atoms with Crippen LogP contribution in [0.2, 0.25) is 0 Å². The molecule has 1 unspecified atom stereocenters. The van der Waals surface area contributed by atoms with Crippen LogP contribution in [0.5, 0.6) is 0 Å². The Hall–Kier alpha value is -1.64. The van der Waals surface area contributed by atoms with Gasteiger partial charge in [-0.15, -0.1) is 0 Å². The Kier molecular flexibility index (Phi) is 2.31.